The second kappa shape index (κ2) is 8.54. The van der Waals surface area contributed by atoms with E-state index >= 15 is 0 Å². The van der Waals surface area contributed by atoms with Crippen molar-refractivity contribution in [3.8, 4) is 5.75 Å². The molecule has 0 saturated carbocycles. The Morgan fingerprint density at radius 2 is 1.92 bits per heavy atom. The molecule has 1 aromatic carbocycles. The summed E-state index contributed by atoms with van der Waals surface area (Å²) in [5, 5.41) is 20.5. The van der Waals surface area contributed by atoms with Crippen LogP contribution in [-0.4, -0.2) is 28.4 Å². The molecule has 26 heavy (non-hydrogen) atoms. The summed E-state index contributed by atoms with van der Waals surface area (Å²) in [6.07, 6.45) is 6.29. The molecule has 1 aliphatic rings. The van der Waals surface area contributed by atoms with Crippen molar-refractivity contribution in [1.29, 1.82) is 0 Å². The Labute approximate surface area is 156 Å². The SMILES string of the molecule is CC1=CC[C@@H](OC(=O)c2ccccc2O)/C(C)=C/[C@@H](O)C(C)(C)CCC1. The Balaban J connectivity index is 2.28. The topological polar surface area (TPSA) is 66.8 Å². The molecule has 0 bridgehead atoms. The molecule has 1 aromatic rings. The molecule has 4 heteroatoms. The number of carbonyl (C=O) groups is 1. The Hall–Kier alpha value is -2.07. The van der Waals surface area contributed by atoms with Crippen LogP contribution in [0.1, 0.15) is 63.7 Å². The van der Waals surface area contributed by atoms with Gasteiger partial charge in [-0.15, -0.1) is 0 Å². The van der Waals surface area contributed by atoms with Crippen molar-refractivity contribution < 1.29 is 19.7 Å². The highest BCUT2D eigenvalue weighted by Gasteiger charge is 2.28. The second-order valence-electron chi connectivity index (χ2n) is 7.89. The van der Waals surface area contributed by atoms with Crippen molar-refractivity contribution >= 4 is 5.97 Å². The summed E-state index contributed by atoms with van der Waals surface area (Å²) < 4.78 is 5.69. The van der Waals surface area contributed by atoms with Crippen molar-refractivity contribution in [2.45, 2.75) is 65.6 Å². The Morgan fingerprint density at radius 1 is 1.23 bits per heavy atom. The number of esters is 1. The van der Waals surface area contributed by atoms with E-state index in [0.29, 0.717) is 6.42 Å². The monoisotopic (exact) mass is 358 g/mol. The van der Waals surface area contributed by atoms with Crippen LogP contribution in [0, 0.1) is 5.41 Å². The van der Waals surface area contributed by atoms with Gasteiger partial charge in [-0.05, 0) is 56.2 Å². The molecule has 0 fully saturated rings. The molecular formula is C22H30O4. The fraction of sp³-hybridized carbons (Fsp3) is 0.500. The number of para-hydroxylation sites is 1. The Kier molecular flexibility index (Phi) is 6.65. The largest absolute Gasteiger partial charge is 0.507 e. The molecule has 1 aliphatic carbocycles. The summed E-state index contributed by atoms with van der Waals surface area (Å²) in [5.74, 6) is -0.654. The van der Waals surface area contributed by atoms with Gasteiger partial charge >= 0.3 is 5.97 Å². The first-order valence-corrected chi connectivity index (χ1v) is 9.21. The molecule has 0 aliphatic heterocycles. The summed E-state index contributed by atoms with van der Waals surface area (Å²) >= 11 is 0. The lowest BCUT2D eigenvalue weighted by molar-refractivity contribution is 0.0365. The van der Waals surface area contributed by atoms with Crippen LogP contribution in [0.2, 0.25) is 0 Å². The third-order valence-electron chi connectivity index (χ3n) is 5.18. The van der Waals surface area contributed by atoms with Crippen molar-refractivity contribution in [2.75, 3.05) is 0 Å². The van der Waals surface area contributed by atoms with Gasteiger partial charge in [0.25, 0.3) is 0 Å². The average Bonchev–Trinajstić information content (AvgIpc) is 2.58. The quantitative estimate of drug-likeness (QED) is 0.590. The molecule has 0 aromatic heterocycles. The molecule has 2 N–H and O–H groups in total. The number of phenolic OH excluding ortho intramolecular Hbond substituents is 1. The Morgan fingerprint density at radius 3 is 2.62 bits per heavy atom. The number of carbonyl (C=O) groups excluding carboxylic acids is 1. The van der Waals surface area contributed by atoms with Crippen LogP contribution >= 0.6 is 0 Å². The number of hydrogen-bond acceptors (Lipinski definition) is 4. The van der Waals surface area contributed by atoms with E-state index in [-0.39, 0.29) is 16.7 Å². The van der Waals surface area contributed by atoms with Gasteiger partial charge in [0.2, 0.25) is 0 Å². The number of phenols is 1. The fourth-order valence-electron chi connectivity index (χ4n) is 3.13. The molecule has 0 unspecified atom stereocenters. The van der Waals surface area contributed by atoms with E-state index in [0.717, 1.165) is 24.8 Å². The van der Waals surface area contributed by atoms with E-state index in [9.17, 15) is 15.0 Å². The second-order valence-corrected chi connectivity index (χ2v) is 7.89. The minimum atomic E-state index is -0.604. The van der Waals surface area contributed by atoms with Crippen LogP contribution in [-0.2, 0) is 4.74 Å². The molecule has 0 saturated heterocycles. The zero-order valence-electron chi connectivity index (χ0n) is 16.2. The zero-order chi connectivity index (χ0) is 19.3. The summed E-state index contributed by atoms with van der Waals surface area (Å²) in [6.45, 7) is 8.08. The van der Waals surface area contributed by atoms with Gasteiger partial charge in [-0.3, -0.25) is 0 Å². The predicted molar refractivity (Wildman–Crippen MR) is 103 cm³/mol. The number of aliphatic hydroxyl groups excluding tert-OH is 1. The van der Waals surface area contributed by atoms with Gasteiger partial charge in [0.1, 0.15) is 17.4 Å². The number of aliphatic hydroxyl groups is 1. The van der Waals surface area contributed by atoms with Crippen LogP contribution in [0.5, 0.6) is 5.75 Å². The van der Waals surface area contributed by atoms with E-state index in [1.807, 2.05) is 6.92 Å². The minimum Gasteiger partial charge on any atom is -0.507 e. The minimum absolute atomic E-state index is 0.0938. The van der Waals surface area contributed by atoms with Gasteiger partial charge < -0.3 is 14.9 Å². The maximum absolute atomic E-state index is 12.5. The molecule has 0 radical (unpaired) electrons. The standard InChI is InChI=1S/C22H30O4/c1-15-8-7-13-22(3,4)20(24)14-16(2)19(12-11-15)26-21(25)17-9-5-6-10-18(17)23/h5-6,9-11,14,19-20,23-24H,7-8,12-13H2,1-4H3/b15-11?,16-14+/t19-,20-/m1/s1. The van der Waals surface area contributed by atoms with Crippen LogP contribution in [0.25, 0.3) is 0 Å². The highest BCUT2D eigenvalue weighted by atomic mass is 16.5. The van der Waals surface area contributed by atoms with E-state index in [2.05, 4.69) is 26.8 Å². The number of allylic oxidation sites excluding steroid dienone is 1. The first-order chi connectivity index (χ1) is 12.2. The highest BCUT2D eigenvalue weighted by molar-refractivity contribution is 5.92. The predicted octanol–water partition coefficient (Wildman–Crippen LogP) is 4.77. The molecule has 0 heterocycles. The smallest absolute Gasteiger partial charge is 0.342 e. The van der Waals surface area contributed by atoms with Crippen LogP contribution in [0.4, 0.5) is 0 Å². The molecule has 2 rings (SSSR count). The van der Waals surface area contributed by atoms with Crippen LogP contribution in [0.3, 0.4) is 0 Å². The number of ether oxygens (including phenoxy) is 1. The van der Waals surface area contributed by atoms with E-state index < -0.39 is 18.2 Å². The maximum atomic E-state index is 12.5. The van der Waals surface area contributed by atoms with E-state index in [1.54, 1.807) is 24.3 Å². The van der Waals surface area contributed by atoms with Gasteiger partial charge in [-0.1, -0.05) is 43.7 Å². The van der Waals surface area contributed by atoms with Crippen LogP contribution in [0.15, 0.2) is 47.6 Å². The Bertz CT molecular complexity index is 700. The number of benzene rings is 1. The lowest BCUT2D eigenvalue weighted by atomic mass is 9.80. The van der Waals surface area contributed by atoms with Crippen LogP contribution < -0.4 is 0 Å². The number of aromatic hydroxyl groups is 1. The molecule has 142 valence electrons. The summed E-state index contributed by atoms with van der Waals surface area (Å²) in [5.41, 5.74) is 1.99. The summed E-state index contributed by atoms with van der Waals surface area (Å²) in [4.78, 5) is 12.5. The molecule has 0 spiro atoms. The summed E-state index contributed by atoms with van der Waals surface area (Å²) in [6, 6.07) is 6.36. The fourth-order valence-corrected chi connectivity index (χ4v) is 3.13. The van der Waals surface area contributed by atoms with Gasteiger partial charge in [0, 0.05) is 6.42 Å². The van der Waals surface area contributed by atoms with Gasteiger partial charge in [-0.25, -0.2) is 4.79 Å². The lowest BCUT2D eigenvalue weighted by Crippen LogP contribution is -2.29. The summed E-state index contributed by atoms with van der Waals surface area (Å²) in [7, 11) is 0. The molecule has 0 amide bonds. The van der Waals surface area contributed by atoms with Gasteiger partial charge in [0.05, 0.1) is 6.10 Å². The normalized spacial score (nSPS) is 26.0. The maximum Gasteiger partial charge on any atom is 0.342 e. The van der Waals surface area contributed by atoms with Gasteiger partial charge in [0.15, 0.2) is 0 Å². The average molecular weight is 358 g/mol. The van der Waals surface area contributed by atoms with E-state index in [4.69, 9.17) is 4.74 Å². The third kappa shape index (κ3) is 5.21. The zero-order valence-corrected chi connectivity index (χ0v) is 16.2. The third-order valence-corrected chi connectivity index (χ3v) is 5.18. The van der Waals surface area contributed by atoms with Crippen molar-refractivity contribution in [3.05, 3.63) is 53.1 Å². The van der Waals surface area contributed by atoms with Gasteiger partial charge in [-0.2, -0.15) is 0 Å². The van der Waals surface area contributed by atoms with E-state index in [1.165, 1.54) is 11.6 Å². The first-order valence-electron chi connectivity index (χ1n) is 9.21. The van der Waals surface area contributed by atoms with Crippen molar-refractivity contribution in [2.24, 2.45) is 5.41 Å². The first kappa shape index (κ1) is 20.2. The molecular weight excluding hydrogens is 328 g/mol. The molecule has 2 atom stereocenters. The number of hydrogen-bond donors (Lipinski definition) is 2. The number of rotatable bonds is 2. The highest BCUT2D eigenvalue weighted by Crippen LogP contribution is 2.32. The van der Waals surface area contributed by atoms with Crippen molar-refractivity contribution in [1.82, 2.24) is 0 Å². The molecule has 4 nitrogen and oxygen atoms in total. The lowest BCUT2D eigenvalue weighted by Gasteiger charge is -2.29. The van der Waals surface area contributed by atoms with Crippen molar-refractivity contribution in [3.63, 3.8) is 0 Å².